The Morgan fingerprint density at radius 2 is 2.30 bits per heavy atom. The molecule has 0 amide bonds. The Labute approximate surface area is 123 Å². The van der Waals surface area contributed by atoms with Crippen LogP contribution >= 0.6 is 23.1 Å². The third-order valence-electron chi connectivity index (χ3n) is 2.59. The number of nitrogens with zero attached hydrogens (tertiary/aromatic N) is 6. The van der Waals surface area contributed by atoms with E-state index in [1.54, 1.807) is 16.0 Å². The summed E-state index contributed by atoms with van der Waals surface area (Å²) >= 11 is 3.05. The first-order valence-corrected chi connectivity index (χ1v) is 7.87. The standard InChI is InChI=1S/C11H13N7S2/c1-3-5-12-10-13-8-7(4-6-19-8)9(14-10)20-11-15-16-17-18(11)2/h4,6H,3,5H2,1-2H3,(H,12,13,14). The number of fused-ring (bicyclic) bond motifs is 1. The van der Waals surface area contributed by atoms with Gasteiger partial charge >= 0.3 is 0 Å². The molecule has 0 atom stereocenters. The fourth-order valence-electron chi connectivity index (χ4n) is 1.62. The highest BCUT2D eigenvalue weighted by atomic mass is 32.2. The molecule has 0 bridgehead atoms. The summed E-state index contributed by atoms with van der Waals surface area (Å²) in [6, 6.07) is 2.02. The lowest BCUT2D eigenvalue weighted by molar-refractivity contribution is 0.664. The van der Waals surface area contributed by atoms with Gasteiger partial charge in [0.15, 0.2) is 0 Å². The molecule has 0 aliphatic heterocycles. The summed E-state index contributed by atoms with van der Waals surface area (Å²) in [7, 11) is 1.81. The van der Waals surface area contributed by atoms with Gasteiger partial charge in [-0.1, -0.05) is 6.92 Å². The first-order valence-electron chi connectivity index (χ1n) is 6.17. The summed E-state index contributed by atoms with van der Waals surface area (Å²) in [5.74, 6) is 0.652. The van der Waals surface area contributed by atoms with Crippen molar-refractivity contribution in [3.63, 3.8) is 0 Å². The van der Waals surface area contributed by atoms with Gasteiger partial charge in [-0.05, 0) is 40.1 Å². The van der Waals surface area contributed by atoms with Crippen LogP contribution in [0, 0.1) is 0 Å². The van der Waals surface area contributed by atoms with Crippen LogP contribution in [0.5, 0.6) is 0 Å². The summed E-state index contributed by atoms with van der Waals surface area (Å²) in [5.41, 5.74) is 0. The zero-order valence-electron chi connectivity index (χ0n) is 11.1. The van der Waals surface area contributed by atoms with Crippen molar-refractivity contribution < 1.29 is 0 Å². The molecular weight excluding hydrogens is 294 g/mol. The number of hydrogen-bond acceptors (Lipinski definition) is 8. The number of rotatable bonds is 5. The van der Waals surface area contributed by atoms with Gasteiger partial charge in [0.05, 0.1) is 0 Å². The highest BCUT2D eigenvalue weighted by Crippen LogP contribution is 2.32. The molecule has 0 saturated carbocycles. The quantitative estimate of drug-likeness (QED) is 0.723. The Balaban J connectivity index is 1.99. The topological polar surface area (TPSA) is 81.4 Å². The lowest BCUT2D eigenvalue weighted by atomic mass is 10.4. The van der Waals surface area contributed by atoms with Gasteiger partial charge in [-0.15, -0.1) is 16.4 Å². The van der Waals surface area contributed by atoms with Crippen molar-refractivity contribution in [1.82, 2.24) is 30.2 Å². The Bertz CT molecular complexity index is 720. The Morgan fingerprint density at radius 1 is 1.40 bits per heavy atom. The maximum Gasteiger partial charge on any atom is 0.225 e. The number of nitrogens with one attached hydrogen (secondary N) is 1. The van der Waals surface area contributed by atoms with Crippen molar-refractivity contribution >= 4 is 39.3 Å². The van der Waals surface area contributed by atoms with Crippen molar-refractivity contribution in [3.8, 4) is 0 Å². The second-order valence-electron chi connectivity index (χ2n) is 4.11. The lowest BCUT2D eigenvalue weighted by Crippen LogP contribution is -2.04. The van der Waals surface area contributed by atoms with E-state index in [4.69, 9.17) is 0 Å². The highest BCUT2D eigenvalue weighted by Gasteiger charge is 2.13. The summed E-state index contributed by atoms with van der Waals surface area (Å²) in [4.78, 5) is 10.0. The van der Waals surface area contributed by atoms with Crippen molar-refractivity contribution in [2.24, 2.45) is 7.05 Å². The Hall–Kier alpha value is -1.74. The highest BCUT2D eigenvalue weighted by molar-refractivity contribution is 7.99. The van der Waals surface area contributed by atoms with Crippen LogP contribution in [-0.4, -0.2) is 36.7 Å². The fourth-order valence-corrected chi connectivity index (χ4v) is 3.27. The van der Waals surface area contributed by atoms with E-state index in [-0.39, 0.29) is 0 Å². The molecule has 0 saturated heterocycles. The van der Waals surface area contributed by atoms with Crippen LogP contribution in [0.4, 0.5) is 5.95 Å². The predicted molar refractivity (Wildman–Crippen MR) is 79.1 cm³/mol. The third kappa shape index (κ3) is 2.59. The van der Waals surface area contributed by atoms with Gasteiger partial charge in [-0.2, -0.15) is 0 Å². The molecule has 0 aromatic carbocycles. The zero-order chi connectivity index (χ0) is 13.9. The SMILES string of the molecule is CCCNc1nc(Sc2nnnn2C)c2ccsc2n1. The molecule has 0 radical (unpaired) electrons. The van der Waals surface area contributed by atoms with Gasteiger partial charge in [-0.25, -0.2) is 14.6 Å². The maximum absolute atomic E-state index is 4.57. The van der Waals surface area contributed by atoms with E-state index < -0.39 is 0 Å². The zero-order valence-corrected chi connectivity index (χ0v) is 12.7. The average molecular weight is 307 g/mol. The van der Waals surface area contributed by atoms with Crippen LogP contribution in [0.3, 0.4) is 0 Å². The fraction of sp³-hybridized carbons (Fsp3) is 0.364. The second-order valence-corrected chi connectivity index (χ2v) is 5.96. The van der Waals surface area contributed by atoms with Gasteiger partial charge in [0.1, 0.15) is 9.86 Å². The lowest BCUT2D eigenvalue weighted by Gasteiger charge is -2.06. The molecule has 3 rings (SSSR count). The molecule has 0 unspecified atom stereocenters. The monoisotopic (exact) mass is 307 g/mol. The molecule has 1 N–H and O–H groups in total. The van der Waals surface area contributed by atoms with Gasteiger partial charge in [0, 0.05) is 19.0 Å². The molecule has 3 aromatic heterocycles. The number of aryl methyl sites for hydroxylation is 1. The molecule has 0 spiro atoms. The maximum atomic E-state index is 4.57. The van der Waals surface area contributed by atoms with Crippen molar-refractivity contribution in [1.29, 1.82) is 0 Å². The third-order valence-corrected chi connectivity index (χ3v) is 4.43. The Kier molecular flexibility index (Phi) is 3.79. The van der Waals surface area contributed by atoms with Gasteiger partial charge in [0.2, 0.25) is 11.1 Å². The van der Waals surface area contributed by atoms with E-state index >= 15 is 0 Å². The number of tetrazole rings is 1. The van der Waals surface area contributed by atoms with E-state index in [1.807, 2.05) is 18.5 Å². The number of hydrogen-bond donors (Lipinski definition) is 1. The molecule has 7 nitrogen and oxygen atoms in total. The van der Waals surface area contributed by atoms with E-state index in [1.165, 1.54) is 11.8 Å². The van der Waals surface area contributed by atoms with Crippen LogP contribution in [0.1, 0.15) is 13.3 Å². The number of aromatic nitrogens is 6. The molecule has 0 aliphatic carbocycles. The molecule has 9 heteroatoms. The van der Waals surface area contributed by atoms with E-state index in [0.29, 0.717) is 11.1 Å². The van der Waals surface area contributed by atoms with Crippen LogP contribution in [0.25, 0.3) is 10.2 Å². The Morgan fingerprint density at radius 3 is 3.05 bits per heavy atom. The van der Waals surface area contributed by atoms with E-state index in [9.17, 15) is 0 Å². The van der Waals surface area contributed by atoms with Gasteiger partial charge in [0.25, 0.3) is 0 Å². The minimum absolute atomic E-state index is 0.652. The van der Waals surface area contributed by atoms with Gasteiger partial charge in [-0.3, -0.25) is 0 Å². The largest absolute Gasteiger partial charge is 0.354 e. The smallest absolute Gasteiger partial charge is 0.225 e. The van der Waals surface area contributed by atoms with Crippen LogP contribution in [0.2, 0.25) is 0 Å². The van der Waals surface area contributed by atoms with Gasteiger partial charge < -0.3 is 5.32 Å². The summed E-state index contributed by atoms with van der Waals surface area (Å²) < 4.78 is 1.63. The molecule has 104 valence electrons. The minimum atomic E-state index is 0.652. The minimum Gasteiger partial charge on any atom is -0.354 e. The molecule has 0 fully saturated rings. The van der Waals surface area contributed by atoms with Crippen molar-refractivity contribution in [2.45, 2.75) is 23.5 Å². The molecule has 0 aliphatic rings. The van der Waals surface area contributed by atoms with Crippen LogP contribution < -0.4 is 5.32 Å². The van der Waals surface area contributed by atoms with Crippen molar-refractivity contribution in [3.05, 3.63) is 11.4 Å². The molecule has 3 aromatic rings. The normalized spacial score (nSPS) is 11.1. The summed E-state index contributed by atoms with van der Waals surface area (Å²) in [6.45, 7) is 2.96. The molecular formula is C11H13N7S2. The van der Waals surface area contributed by atoms with Crippen LogP contribution in [-0.2, 0) is 7.05 Å². The predicted octanol–water partition coefficient (Wildman–Crippen LogP) is 2.19. The first kappa shape index (κ1) is 13.3. The summed E-state index contributed by atoms with van der Waals surface area (Å²) in [5, 5.41) is 19.3. The molecule has 20 heavy (non-hydrogen) atoms. The number of thiophene rings is 1. The first-order chi connectivity index (χ1) is 9.78. The number of anilines is 1. The summed E-state index contributed by atoms with van der Waals surface area (Å²) in [6.07, 6.45) is 1.03. The molecule has 3 heterocycles. The average Bonchev–Trinajstić information content (AvgIpc) is 3.06. The van der Waals surface area contributed by atoms with Crippen LogP contribution in [0.15, 0.2) is 21.6 Å². The van der Waals surface area contributed by atoms with E-state index in [2.05, 4.69) is 37.7 Å². The van der Waals surface area contributed by atoms with E-state index in [0.717, 1.165) is 28.2 Å². The second kappa shape index (κ2) is 5.71. The van der Waals surface area contributed by atoms with Crippen molar-refractivity contribution in [2.75, 3.05) is 11.9 Å².